The molecule has 1 atom stereocenters. The van der Waals surface area contributed by atoms with E-state index in [0.29, 0.717) is 6.04 Å². The van der Waals surface area contributed by atoms with E-state index in [-0.39, 0.29) is 5.82 Å². The molecule has 0 spiro atoms. The Morgan fingerprint density at radius 3 is 2.44 bits per heavy atom. The number of hydrogen-bond donors (Lipinski definition) is 1. The maximum absolute atomic E-state index is 13.0. The third kappa shape index (κ3) is 2.90. The monoisotopic (exact) mass is 248 g/mol. The molecule has 1 aromatic rings. The van der Waals surface area contributed by atoms with Gasteiger partial charge in [-0.15, -0.1) is 0 Å². The molecular formula is C15H21FN2. The Hall–Kier alpha value is -0.930. The first-order chi connectivity index (χ1) is 8.83. The van der Waals surface area contributed by atoms with Gasteiger partial charge in [0.1, 0.15) is 5.82 Å². The van der Waals surface area contributed by atoms with Crippen LogP contribution in [0.2, 0.25) is 0 Å². The largest absolute Gasteiger partial charge is 0.314 e. The highest BCUT2D eigenvalue weighted by atomic mass is 19.1. The van der Waals surface area contributed by atoms with Gasteiger partial charge in [0.05, 0.1) is 0 Å². The Morgan fingerprint density at radius 1 is 1.17 bits per heavy atom. The molecule has 1 aliphatic carbocycles. The number of nitrogens with one attached hydrogen (secondary N) is 1. The lowest BCUT2D eigenvalue weighted by Crippen LogP contribution is -2.45. The first-order valence-corrected chi connectivity index (χ1v) is 7.03. The van der Waals surface area contributed by atoms with Crippen LogP contribution in [-0.2, 0) is 0 Å². The van der Waals surface area contributed by atoms with Crippen LogP contribution in [0.3, 0.4) is 0 Å². The molecular weight excluding hydrogens is 227 g/mol. The van der Waals surface area contributed by atoms with Crippen molar-refractivity contribution >= 4 is 0 Å². The van der Waals surface area contributed by atoms with Crippen molar-refractivity contribution in [3.05, 3.63) is 35.6 Å². The van der Waals surface area contributed by atoms with E-state index in [9.17, 15) is 4.39 Å². The first kappa shape index (κ1) is 12.1. The molecule has 0 amide bonds. The summed E-state index contributed by atoms with van der Waals surface area (Å²) in [4.78, 5) is 2.56. The molecule has 3 heteroatoms. The van der Waals surface area contributed by atoms with Gasteiger partial charge in [-0.05, 0) is 30.0 Å². The predicted octanol–water partition coefficient (Wildman–Crippen LogP) is 2.57. The summed E-state index contributed by atoms with van der Waals surface area (Å²) in [7, 11) is 0. The van der Waals surface area contributed by atoms with E-state index in [2.05, 4.69) is 10.2 Å². The quantitative estimate of drug-likeness (QED) is 0.881. The minimum Gasteiger partial charge on any atom is -0.314 e. The molecule has 3 rings (SSSR count). The van der Waals surface area contributed by atoms with Crippen LogP contribution in [0.25, 0.3) is 0 Å². The number of piperazine rings is 1. The van der Waals surface area contributed by atoms with E-state index in [4.69, 9.17) is 0 Å². The molecule has 1 saturated heterocycles. The summed E-state index contributed by atoms with van der Waals surface area (Å²) in [6.45, 7) is 4.36. The summed E-state index contributed by atoms with van der Waals surface area (Å²) in [6.07, 6.45) is 4.00. The molecule has 1 aromatic carbocycles. The number of benzene rings is 1. The lowest BCUT2D eigenvalue weighted by Gasteiger charge is -2.35. The Morgan fingerprint density at radius 2 is 1.83 bits per heavy atom. The Bertz CT molecular complexity index is 380. The number of nitrogens with zero attached hydrogens (tertiary/aromatic N) is 1. The maximum Gasteiger partial charge on any atom is 0.123 e. The van der Waals surface area contributed by atoms with Gasteiger partial charge >= 0.3 is 0 Å². The second-order valence-electron chi connectivity index (χ2n) is 5.53. The van der Waals surface area contributed by atoms with Crippen molar-refractivity contribution in [1.82, 2.24) is 10.2 Å². The summed E-state index contributed by atoms with van der Waals surface area (Å²) in [5, 5.41) is 3.40. The predicted molar refractivity (Wildman–Crippen MR) is 70.9 cm³/mol. The Labute approximate surface area is 108 Å². The average molecular weight is 248 g/mol. The van der Waals surface area contributed by atoms with Crippen LogP contribution in [0.5, 0.6) is 0 Å². The molecule has 0 aromatic heterocycles. The van der Waals surface area contributed by atoms with Gasteiger partial charge in [0.15, 0.2) is 0 Å². The molecule has 1 N–H and O–H groups in total. The second-order valence-corrected chi connectivity index (χ2v) is 5.53. The maximum atomic E-state index is 13.0. The van der Waals surface area contributed by atoms with Crippen molar-refractivity contribution in [2.24, 2.45) is 5.92 Å². The van der Waals surface area contributed by atoms with E-state index >= 15 is 0 Å². The molecule has 98 valence electrons. The summed E-state index contributed by atoms with van der Waals surface area (Å²) in [5.41, 5.74) is 1.28. The van der Waals surface area contributed by atoms with Crippen LogP contribution in [0.15, 0.2) is 24.3 Å². The molecule has 0 radical (unpaired) electrons. The topological polar surface area (TPSA) is 15.3 Å². The molecule has 2 nitrogen and oxygen atoms in total. The van der Waals surface area contributed by atoms with Gasteiger partial charge in [-0.3, -0.25) is 4.90 Å². The lowest BCUT2D eigenvalue weighted by molar-refractivity contribution is 0.160. The molecule has 1 aliphatic heterocycles. The zero-order valence-electron chi connectivity index (χ0n) is 10.7. The first-order valence-electron chi connectivity index (χ1n) is 7.03. The normalized spacial score (nSPS) is 22.9. The number of halogens is 1. The summed E-state index contributed by atoms with van der Waals surface area (Å²) in [5.74, 6) is 0.763. The van der Waals surface area contributed by atoms with Gasteiger partial charge in [0.25, 0.3) is 0 Å². The smallest absolute Gasteiger partial charge is 0.123 e. The zero-order valence-corrected chi connectivity index (χ0v) is 10.7. The third-order valence-electron chi connectivity index (χ3n) is 4.10. The van der Waals surface area contributed by atoms with Crippen molar-refractivity contribution in [3.8, 4) is 0 Å². The van der Waals surface area contributed by atoms with Crippen LogP contribution >= 0.6 is 0 Å². The van der Waals surface area contributed by atoms with Crippen LogP contribution in [0, 0.1) is 11.7 Å². The van der Waals surface area contributed by atoms with Crippen LogP contribution in [-0.4, -0.2) is 31.1 Å². The van der Waals surface area contributed by atoms with Gasteiger partial charge in [-0.25, -0.2) is 4.39 Å². The highest BCUT2D eigenvalue weighted by Crippen LogP contribution is 2.40. The van der Waals surface area contributed by atoms with E-state index in [1.165, 1.54) is 24.8 Å². The molecule has 0 unspecified atom stereocenters. The zero-order chi connectivity index (χ0) is 12.4. The fourth-order valence-corrected chi connectivity index (χ4v) is 2.84. The Kier molecular flexibility index (Phi) is 3.62. The third-order valence-corrected chi connectivity index (χ3v) is 4.10. The molecule has 2 aliphatic rings. The molecule has 2 fully saturated rings. The second kappa shape index (κ2) is 5.37. The Balaban J connectivity index is 1.76. The average Bonchev–Trinajstić information content (AvgIpc) is 3.22. The van der Waals surface area contributed by atoms with Gasteiger partial charge in [-0.1, -0.05) is 25.0 Å². The van der Waals surface area contributed by atoms with E-state index in [0.717, 1.165) is 32.1 Å². The SMILES string of the molecule is Fc1ccc([C@H](CC2CC2)N2CCNCC2)cc1. The minimum absolute atomic E-state index is 0.135. The van der Waals surface area contributed by atoms with Gasteiger partial charge in [0.2, 0.25) is 0 Å². The summed E-state index contributed by atoms with van der Waals surface area (Å²) >= 11 is 0. The minimum atomic E-state index is -0.135. The molecule has 0 bridgehead atoms. The molecule has 1 heterocycles. The fraction of sp³-hybridized carbons (Fsp3) is 0.600. The summed E-state index contributed by atoms with van der Waals surface area (Å²) < 4.78 is 13.0. The van der Waals surface area contributed by atoms with Crippen molar-refractivity contribution in [2.45, 2.75) is 25.3 Å². The van der Waals surface area contributed by atoms with E-state index < -0.39 is 0 Å². The number of hydrogen-bond acceptors (Lipinski definition) is 2. The van der Waals surface area contributed by atoms with Crippen LogP contribution in [0.1, 0.15) is 30.9 Å². The van der Waals surface area contributed by atoms with Gasteiger partial charge in [-0.2, -0.15) is 0 Å². The van der Waals surface area contributed by atoms with E-state index in [1.54, 1.807) is 12.1 Å². The highest BCUT2D eigenvalue weighted by Gasteiger charge is 2.30. The van der Waals surface area contributed by atoms with Crippen molar-refractivity contribution in [2.75, 3.05) is 26.2 Å². The lowest BCUT2D eigenvalue weighted by atomic mass is 9.98. The van der Waals surface area contributed by atoms with Crippen LogP contribution < -0.4 is 5.32 Å². The molecule has 1 saturated carbocycles. The van der Waals surface area contributed by atoms with Crippen molar-refractivity contribution in [3.63, 3.8) is 0 Å². The highest BCUT2D eigenvalue weighted by molar-refractivity contribution is 5.20. The molecule has 18 heavy (non-hydrogen) atoms. The number of rotatable bonds is 4. The van der Waals surface area contributed by atoms with Gasteiger partial charge in [0, 0.05) is 32.2 Å². The van der Waals surface area contributed by atoms with E-state index in [1.807, 2.05) is 12.1 Å². The van der Waals surface area contributed by atoms with Crippen molar-refractivity contribution < 1.29 is 4.39 Å². The fourth-order valence-electron chi connectivity index (χ4n) is 2.84. The van der Waals surface area contributed by atoms with Crippen LogP contribution in [0.4, 0.5) is 4.39 Å². The van der Waals surface area contributed by atoms with Crippen molar-refractivity contribution in [1.29, 1.82) is 0 Å². The summed E-state index contributed by atoms with van der Waals surface area (Å²) in [6, 6.07) is 7.60. The standard InChI is InChI=1S/C15H21FN2/c16-14-5-3-13(4-6-14)15(11-12-1-2-12)18-9-7-17-8-10-18/h3-6,12,15,17H,1-2,7-11H2/t15-/m0/s1. The van der Waals surface area contributed by atoms with Gasteiger partial charge < -0.3 is 5.32 Å².